The van der Waals surface area contributed by atoms with Gasteiger partial charge in [0.05, 0.1) is 0 Å². The van der Waals surface area contributed by atoms with Crippen molar-refractivity contribution in [2.45, 2.75) is 32.4 Å². The summed E-state index contributed by atoms with van der Waals surface area (Å²) < 4.78 is 0. The van der Waals surface area contributed by atoms with Gasteiger partial charge in [0.2, 0.25) is 0 Å². The molecule has 1 aromatic rings. The number of nitrogens with two attached hydrogens (primary N) is 1. The number of hydrogen-bond donors (Lipinski definition) is 1. The molecular weight excluding hydrogens is 232 g/mol. The van der Waals surface area contributed by atoms with Crippen LogP contribution in [0.25, 0.3) is 0 Å². The van der Waals surface area contributed by atoms with E-state index < -0.39 is 0 Å². The average molecular weight is 253 g/mol. The van der Waals surface area contributed by atoms with Crippen LogP contribution in [-0.4, -0.2) is 24.0 Å². The molecule has 1 heterocycles. The molecule has 0 aliphatic carbocycles. The summed E-state index contributed by atoms with van der Waals surface area (Å²) in [5.74, 6) is 0.636. The van der Waals surface area contributed by atoms with Crippen LogP contribution in [0.4, 0.5) is 0 Å². The summed E-state index contributed by atoms with van der Waals surface area (Å²) >= 11 is 6.04. The van der Waals surface area contributed by atoms with Crippen molar-refractivity contribution < 1.29 is 0 Å². The molecule has 1 aliphatic heterocycles. The lowest BCUT2D eigenvalue weighted by molar-refractivity contribution is 0.248. The van der Waals surface area contributed by atoms with Gasteiger partial charge in [0.15, 0.2) is 0 Å². The van der Waals surface area contributed by atoms with Crippen LogP contribution in [0, 0.1) is 5.92 Å². The van der Waals surface area contributed by atoms with E-state index in [1.54, 1.807) is 0 Å². The summed E-state index contributed by atoms with van der Waals surface area (Å²) in [6.07, 6.45) is 1.21. The number of rotatable bonds is 3. The molecule has 1 saturated heterocycles. The van der Waals surface area contributed by atoms with Crippen LogP contribution >= 0.6 is 11.6 Å². The highest BCUT2D eigenvalue weighted by Gasteiger charge is 2.28. The van der Waals surface area contributed by atoms with Crippen molar-refractivity contribution in [1.82, 2.24) is 4.90 Å². The SMILES string of the molecule is CC(N)C1CCN(C(C)c2cccc(Cl)c2)C1. The van der Waals surface area contributed by atoms with Gasteiger partial charge in [0, 0.05) is 23.7 Å². The lowest BCUT2D eigenvalue weighted by Crippen LogP contribution is -2.30. The second-order valence-corrected chi connectivity index (χ2v) is 5.57. The van der Waals surface area contributed by atoms with E-state index in [0.29, 0.717) is 18.0 Å². The van der Waals surface area contributed by atoms with Crippen LogP contribution in [0.15, 0.2) is 24.3 Å². The van der Waals surface area contributed by atoms with Gasteiger partial charge >= 0.3 is 0 Å². The fraction of sp³-hybridized carbons (Fsp3) is 0.571. The summed E-state index contributed by atoms with van der Waals surface area (Å²) in [4.78, 5) is 2.50. The highest BCUT2D eigenvalue weighted by Crippen LogP contribution is 2.29. The zero-order chi connectivity index (χ0) is 12.4. The zero-order valence-corrected chi connectivity index (χ0v) is 11.3. The number of hydrogen-bond acceptors (Lipinski definition) is 2. The Morgan fingerprint density at radius 2 is 2.18 bits per heavy atom. The Bertz CT molecular complexity index is 378. The van der Waals surface area contributed by atoms with Crippen LogP contribution in [0.5, 0.6) is 0 Å². The normalized spacial score (nSPS) is 24.8. The topological polar surface area (TPSA) is 29.3 Å². The standard InChI is InChI=1S/C14H21ClN2/c1-10(16)13-6-7-17(9-13)11(2)12-4-3-5-14(15)8-12/h3-5,8,10-11,13H,6-7,9,16H2,1-2H3. The largest absolute Gasteiger partial charge is 0.328 e. The molecule has 0 spiro atoms. The highest BCUT2D eigenvalue weighted by atomic mass is 35.5. The van der Waals surface area contributed by atoms with Gasteiger partial charge in [-0.3, -0.25) is 4.90 Å². The Labute approximate surface area is 109 Å². The Kier molecular flexibility index (Phi) is 4.08. The third-order valence-electron chi connectivity index (χ3n) is 3.88. The first kappa shape index (κ1) is 12.9. The molecule has 3 heteroatoms. The molecule has 0 aromatic heterocycles. The average Bonchev–Trinajstić information content (AvgIpc) is 2.77. The monoisotopic (exact) mass is 252 g/mol. The molecule has 1 fully saturated rings. The highest BCUT2D eigenvalue weighted by molar-refractivity contribution is 6.30. The lowest BCUT2D eigenvalue weighted by atomic mass is 10.0. The summed E-state index contributed by atoms with van der Waals surface area (Å²) in [5.41, 5.74) is 7.27. The van der Waals surface area contributed by atoms with Crippen LogP contribution in [0.3, 0.4) is 0 Å². The molecule has 2 N–H and O–H groups in total. The molecule has 0 saturated carbocycles. The van der Waals surface area contributed by atoms with E-state index in [1.807, 2.05) is 12.1 Å². The molecule has 3 atom stereocenters. The smallest absolute Gasteiger partial charge is 0.0409 e. The second kappa shape index (κ2) is 5.38. The maximum Gasteiger partial charge on any atom is 0.0409 e. The molecule has 1 aromatic carbocycles. The molecular formula is C14H21ClN2. The third kappa shape index (κ3) is 3.01. The maximum atomic E-state index is 6.04. The first-order chi connectivity index (χ1) is 8.08. The van der Waals surface area contributed by atoms with Gasteiger partial charge in [-0.05, 0) is 50.4 Å². The van der Waals surface area contributed by atoms with Gasteiger partial charge in [-0.1, -0.05) is 23.7 Å². The van der Waals surface area contributed by atoms with E-state index in [-0.39, 0.29) is 0 Å². The predicted octanol–water partition coefficient (Wildman–Crippen LogP) is 3.07. The van der Waals surface area contributed by atoms with Crippen molar-refractivity contribution in [1.29, 1.82) is 0 Å². The van der Waals surface area contributed by atoms with Crippen molar-refractivity contribution in [2.24, 2.45) is 11.7 Å². The van der Waals surface area contributed by atoms with Gasteiger partial charge in [-0.15, -0.1) is 0 Å². The molecule has 0 amide bonds. The first-order valence-corrected chi connectivity index (χ1v) is 6.71. The van der Waals surface area contributed by atoms with E-state index >= 15 is 0 Å². The maximum absolute atomic E-state index is 6.04. The van der Waals surface area contributed by atoms with E-state index in [9.17, 15) is 0 Å². The fourth-order valence-corrected chi connectivity index (χ4v) is 2.77. The number of halogens is 1. The van der Waals surface area contributed by atoms with Crippen molar-refractivity contribution in [3.8, 4) is 0 Å². The van der Waals surface area contributed by atoms with Gasteiger partial charge < -0.3 is 5.73 Å². The van der Waals surface area contributed by atoms with E-state index in [1.165, 1.54) is 12.0 Å². The van der Waals surface area contributed by atoms with Gasteiger partial charge in [0.25, 0.3) is 0 Å². The van der Waals surface area contributed by atoms with E-state index in [0.717, 1.165) is 18.1 Å². The van der Waals surface area contributed by atoms with Crippen molar-refractivity contribution >= 4 is 11.6 Å². The molecule has 1 aliphatic rings. The third-order valence-corrected chi connectivity index (χ3v) is 4.11. The summed E-state index contributed by atoms with van der Waals surface area (Å²) in [5, 5.41) is 0.817. The molecule has 2 rings (SSSR count). The van der Waals surface area contributed by atoms with Crippen LogP contribution in [0.2, 0.25) is 5.02 Å². The quantitative estimate of drug-likeness (QED) is 0.896. The Balaban J connectivity index is 2.04. The van der Waals surface area contributed by atoms with E-state index in [2.05, 4.69) is 30.9 Å². The van der Waals surface area contributed by atoms with E-state index in [4.69, 9.17) is 17.3 Å². The number of benzene rings is 1. The number of likely N-dealkylation sites (tertiary alicyclic amines) is 1. The fourth-order valence-electron chi connectivity index (χ4n) is 2.57. The molecule has 17 heavy (non-hydrogen) atoms. The Morgan fingerprint density at radius 1 is 1.41 bits per heavy atom. The van der Waals surface area contributed by atoms with Crippen LogP contribution in [-0.2, 0) is 0 Å². The predicted molar refractivity (Wildman–Crippen MR) is 73.2 cm³/mol. The lowest BCUT2D eigenvalue weighted by Gasteiger charge is -2.25. The minimum Gasteiger partial charge on any atom is -0.328 e. The van der Waals surface area contributed by atoms with Gasteiger partial charge in [-0.2, -0.15) is 0 Å². The molecule has 2 nitrogen and oxygen atoms in total. The second-order valence-electron chi connectivity index (χ2n) is 5.13. The molecule has 94 valence electrons. The summed E-state index contributed by atoms with van der Waals surface area (Å²) in [6, 6.07) is 8.88. The Hall–Kier alpha value is -0.570. The molecule has 3 unspecified atom stereocenters. The summed E-state index contributed by atoms with van der Waals surface area (Å²) in [6.45, 7) is 6.60. The zero-order valence-electron chi connectivity index (χ0n) is 10.6. The minimum atomic E-state index is 0.298. The molecule has 0 radical (unpaired) electrons. The van der Waals surface area contributed by atoms with Gasteiger partial charge in [0.1, 0.15) is 0 Å². The first-order valence-electron chi connectivity index (χ1n) is 6.33. The van der Waals surface area contributed by atoms with Crippen LogP contribution < -0.4 is 5.73 Å². The minimum absolute atomic E-state index is 0.298. The molecule has 0 bridgehead atoms. The Morgan fingerprint density at radius 3 is 2.76 bits per heavy atom. The number of nitrogens with zero attached hydrogens (tertiary/aromatic N) is 1. The van der Waals surface area contributed by atoms with Crippen molar-refractivity contribution in [2.75, 3.05) is 13.1 Å². The van der Waals surface area contributed by atoms with Crippen molar-refractivity contribution in [3.05, 3.63) is 34.9 Å². The van der Waals surface area contributed by atoms with Crippen LogP contribution in [0.1, 0.15) is 31.9 Å². The van der Waals surface area contributed by atoms with Crippen molar-refractivity contribution in [3.63, 3.8) is 0 Å². The van der Waals surface area contributed by atoms with Gasteiger partial charge in [-0.25, -0.2) is 0 Å². The summed E-state index contributed by atoms with van der Waals surface area (Å²) in [7, 11) is 0.